The van der Waals surface area contributed by atoms with Gasteiger partial charge in [-0.2, -0.15) is 0 Å². The van der Waals surface area contributed by atoms with E-state index >= 15 is 0 Å². The molecule has 0 radical (unpaired) electrons. The zero-order chi connectivity index (χ0) is 11.4. The quantitative estimate of drug-likeness (QED) is 0.752. The molecule has 2 aliphatic heterocycles. The Kier molecular flexibility index (Phi) is 4.58. The standard InChI is InChI=1S/C12H24N2O2/c1-10-7-14(4-6-16-10)8-12(13-2)11-3-5-15-9-11/h10-13H,3-9H2,1-2H3. The van der Waals surface area contributed by atoms with Crippen LogP contribution in [0.1, 0.15) is 13.3 Å². The molecule has 4 nitrogen and oxygen atoms in total. The number of hydrogen-bond donors (Lipinski definition) is 1. The summed E-state index contributed by atoms with van der Waals surface area (Å²) in [6.45, 7) is 8.13. The summed E-state index contributed by atoms with van der Waals surface area (Å²) >= 11 is 0. The van der Waals surface area contributed by atoms with Crippen LogP contribution in [0.4, 0.5) is 0 Å². The molecular weight excluding hydrogens is 204 g/mol. The van der Waals surface area contributed by atoms with Crippen LogP contribution >= 0.6 is 0 Å². The molecule has 0 saturated carbocycles. The van der Waals surface area contributed by atoms with Gasteiger partial charge in [0, 0.05) is 38.2 Å². The number of hydrogen-bond acceptors (Lipinski definition) is 4. The molecule has 0 aromatic heterocycles. The van der Waals surface area contributed by atoms with Gasteiger partial charge in [-0.1, -0.05) is 0 Å². The van der Waals surface area contributed by atoms with Crippen molar-refractivity contribution in [1.82, 2.24) is 10.2 Å². The van der Waals surface area contributed by atoms with E-state index in [4.69, 9.17) is 9.47 Å². The lowest BCUT2D eigenvalue weighted by Crippen LogP contribution is -2.49. The summed E-state index contributed by atoms with van der Waals surface area (Å²) in [6.07, 6.45) is 1.58. The van der Waals surface area contributed by atoms with Crippen molar-refractivity contribution in [3.8, 4) is 0 Å². The molecule has 0 aromatic carbocycles. The topological polar surface area (TPSA) is 33.7 Å². The molecule has 3 atom stereocenters. The van der Waals surface area contributed by atoms with Crippen molar-refractivity contribution in [3.63, 3.8) is 0 Å². The van der Waals surface area contributed by atoms with Gasteiger partial charge in [-0.25, -0.2) is 0 Å². The molecule has 2 fully saturated rings. The van der Waals surface area contributed by atoms with Crippen molar-refractivity contribution in [2.24, 2.45) is 5.92 Å². The molecule has 0 aromatic rings. The molecular formula is C12H24N2O2. The van der Waals surface area contributed by atoms with E-state index in [1.54, 1.807) is 0 Å². The van der Waals surface area contributed by atoms with Gasteiger partial charge in [0.15, 0.2) is 0 Å². The van der Waals surface area contributed by atoms with Gasteiger partial charge in [-0.15, -0.1) is 0 Å². The van der Waals surface area contributed by atoms with Crippen molar-refractivity contribution in [2.75, 3.05) is 46.5 Å². The number of likely N-dealkylation sites (N-methyl/N-ethyl adjacent to an activating group) is 1. The maximum Gasteiger partial charge on any atom is 0.0674 e. The van der Waals surface area contributed by atoms with E-state index in [1.807, 2.05) is 0 Å². The van der Waals surface area contributed by atoms with Crippen LogP contribution in [0.25, 0.3) is 0 Å². The van der Waals surface area contributed by atoms with Gasteiger partial charge in [0.1, 0.15) is 0 Å². The second-order valence-corrected chi connectivity index (χ2v) is 4.96. The number of morpholine rings is 1. The van der Waals surface area contributed by atoms with Crippen LogP contribution in [0, 0.1) is 5.92 Å². The Morgan fingerprint density at radius 1 is 1.44 bits per heavy atom. The van der Waals surface area contributed by atoms with Crippen molar-refractivity contribution >= 4 is 0 Å². The van der Waals surface area contributed by atoms with Gasteiger partial charge < -0.3 is 14.8 Å². The monoisotopic (exact) mass is 228 g/mol. The lowest BCUT2D eigenvalue weighted by Gasteiger charge is -2.35. The van der Waals surface area contributed by atoms with Gasteiger partial charge in [-0.3, -0.25) is 4.90 Å². The van der Waals surface area contributed by atoms with E-state index < -0.39 is 0 Å². The Morgan fingerprint density at radius 3 is 2.94 bits per heavy atom. The first kappa shape index (κ1) is 12.3. The number of nitrogens with one attached hydrogen (secondary N) is 1. The largest absolute Gasteiger partial charge is 0.381 e. The summed E-state index contributed by atoms with van der Waals surface area (Å²) in [7, 11) is 2.06. The fourth-order valence-corrected chi connectivity index (χ4v) is 2.68. The minimum Gasteiger partial charge on any atom is -0.381 e. The first-order valence-electron chi connectivity index (χ1n) is 6.38. The summed E-state index contributed by atoms with van der Waals surface area (Å²) in [5.74, 6) is 0.683. The van der Waals surface area contributed by atoms with Gasteiger partial charge in [0.05, 0.1) is 19.3 Å². The fraction of sp³-hybridized carbons (Fsp3) is 1.00. The molecule has 2 aliphatic rings. The van der Waals surface area contributed by atoms with Gasteiger partial charge in [0.2, 0.25) is 0 Å². The molecule has 94 valence electrons. The minimum absolute atomic E-state index is 0.381. The molecule has 0 bridgehead atoms. The Bertz CT molecular complexity index is 207. The van der Waals surface area contributed by atoms with Crippen LogP contribution in [-0.2, 0) is 9.47 Å². The van der Waals surface area contributed by atoms with E-state index in [0.29, 0.717) is 18.1 Å². The van der Waals surface area contributed by atoms with Crippen LogP contribution in [0.15, 0.2) is 0 Å². The summed E-state index contributed by atoms with van der Waals surface area (Å²) in [6, 6.07) is 0.563. The summed E-state index contributed by atoms with van der Waals surface area (Å²) in [4.78, 5) is 2.51. The smallest absolute Gasteiger partial charge is 0.0674 e. The van der Waals surface area contributed by atoms with Crippen molar-refractivity contribution in [2.45, 2.75) is 25.5 Å². The highest BCUT2D eigenvalue weighted by Crippen LogP contribution is 2.18. The number of nitrogens with zero attached hydrogens (tertiary/aromatic N) is 1. The third-order valence-electron chi connectivity index (χ3n) is 3.68. The minimum atomic E-state index is 0.381. The van der Waals surface area contributed by atoms with Crippen LogP contribution in [0.2, 0.25) is 0 Å². The zero-order valence-corrected chi connectivity index (χ0v) is 10.4. The van der Waals surface area contributed by atoms with E-state index in [0.717, 1.165) is 39.5 Å². The SMILES string of the molecule is CNC(CN1CCOC(C)C1)C1CCOC1. The fourth-order valence-electron chi connectivity index (χ4n) is 2.68. The molecule has 2 heterocycles. The number of ether oxygens (including phenoxy) is 2. The van der Waals surface area contributed by atoms with E-state index in [9.17, 15) is 0 Å². The Balaban J connectivity index is 1.80. The van der Waals surface area contributed by atoms with Crippen LogP contribution in [-0.4, -0.2) is 63.5 Å². The maximum absolute atomic E-state index is 5.56. The average Bonchev–Trinajstić information content (AvgIpc) is 2.79. The first-order chi connectivity index (χ1) is 7.79. The Morgan fingerprint density at radius 2 is 2.31 bits per heavy atom. The van der Waals surface area contributed by atoms with E-state index in [1.165, 1.54) is 6.42 Å². The molecule has 4 heteroatoms. The second-order valence-electron chi connectivity index (χ2n) is 4.96. The second kappa shape index (κ2) is 5.96. The Labute approximate surface area is 98.3 Å². The maximum atomic E-state index is 5.56. The van der Waals surface area contributed by atoms with Crippen LogP contribution < -0.4 is 5.32 Å². The predicted molar refractivity (Wildman–Crippen MR) is 63.6 cm³/mol. The van der Waals surface area contributed by atoms with Crippen LogP contribution in [0.3, 0.4) is 0 Å². The molecule has 16 heavy (non-hydrogen) atoms. The highest BCUT2D eigenvalue weighted by molar-refractivity contribution is 4.82. The van der Waals surface area contributed by atoms with Gasteiger partial charge in [0.25, 0.3) is 0 Å². The molecule has 1 N–H and O–H groups in total. The number of rotatable bonds is 4. The Hall–Kier alpha value is -0.160. The molecule has 0 amide bonds. The van der Waals surface area contributed by atoms with Gasteiger partial charge in [-0.05, 0) is 20.4 Å². The van der Waals surface area contributed by atoms with Crippen molar-refractivity contribution in [1.29, 1.82) is 0 Å². The zero-order valence-electron chi connectivity index (χ0n) is 10.4. The average molecular weight is 228 g/mol. The molecule has 3 unspecified atom stereocenters. The molecule has 0 aliphatic carbocycles. The normalized spacial score (nSPS) is 34.1. The lowest BCUT2D eigenvalue weighted by molar-refractivity contribution is -0.0229. The summed E-state index contributed by atoms with van der Waals surface area (Å²) < 4.78 is 11.0. The van der Waals surface area contributed by atoms with E-state index in [-0.39, 0.29) is 0 Å². The highest BCUT2D eigenvalue weighted by Gasteiger charge is 2.27. The summed E-state index contributed by atoms with van der Waals surface area (Å²) in [5, 5.41) is 3.44. The van der Waals surface area contributed by atoms with Crippen molar-refractivity contribution < 1.29 is 9.47 Å². The summed E-state index contributed by atoms with van der Waals surface area (Å²) in [5.41, 5.74) is 0. The lowest BCUT2D eigenvalue weighted by atomic mass is 9.98. The van der Waals surface area contributed by atoms with Gasteiger partial charge >= 0.3 is 0 Å². The highest BCUT2D eigenvalue weighted by atomic mass is 16.5. The first-order valence-corrected chi connectivity index (χ1v) is 6.38. The third kappa shape index (κ3) is 3.17. The third-order valence-corrected chi connectivity index (χ3v) is 3.68. The van der Waals surface area contributed by atoms with E-state index in [2.05, 4.69) is 24.2 Å². The predicted octanol–water partition coefficient (Wildman–Crippen LogP) is 0.332. The molecule has 2 rings (SSSR count). The molecule has 2 saturated heterocycles. The molecule has 0 spiro atoms. The van der Waals surface area contributed by atoms with Crippen LogP contribution in [0.5, 0.6) is 0 Å². The van der Waals surface area contributed by atoms with Crippen molar-refractivity contribution in [3.05, 3.63) is 0 Å².